The minimum Gasteiger partial charge on any atom is -0.323 e. The van der Waals surface area contributed by atoms with Gasteiger partial charge in [-0.2, -0.15) is 5.10 Å². The zero-order chi connectivity index (χ0) is 17.4. The number of nitrogens with one attached hydrogen (secondary N) is 1. The summed E-state index contributed by atoms with van der Waals surface area (Å²) in [5, 5.41) is 6.97. The highest BCUT2D eigenvalue weighted by Gasteiger charge is 2.33. The van der Waals surface area contributed by atoms with Crippen LogP contribution in [0.5, 0.6) is 0 Å². The highest BCUT2D eigenvalue weighted by Crippen LogP contribution is 2.20. The lowest BCUT2D eigenvalue weighted by Gasteiger charge is -2.06. The van der Waals surface area contributed by atoms with Crippen LogP contribution < -0.4 is 5.32 Å². The summed E-state index contributed by atoms with van der Waals surface area (Å²) in [7, 11) is -3.07. The normalized spacial score (nSPS) is 19.3. The molecule has 0 saturated carbocycles. The molecule has 1 saturated heterocycles. The third kappa shape index (κ3) is 3.41. The van der Waals surface area contributed by atoms with Gasteiger partial charge in [-0.25, -0.2) is 13.4 Å². The Bertz CT molecular complexity index is 1000. The maximum Gasteiger partial charge on any atom is 0.228 e. The Labute approximate surface area is 144 Å². The lowest BCUT2D eigenvalue weighted by atomic mass is 10.1. The van der Waals surface area contributed by atoms with Crippen LogP contribution in [0.2, 0.25) is 0 Å². The average Bonchev–Trinajstić information content (AvgIpc) is 3.25. The second kappa shape index (κ2) is 5.99. The minimum atomic E-state index is -3.07. The Morgan fingerprint density at radius 2 is 2.20 bits per heavy atom. The van der Waals surface area contributed by atoms with Crippen molar-refractivity contribution in [2.24, 2.45) is 5.92 Å². The van der Waals surface area contributed by atoms with Gasteiger partial charge in [-0.05, 0) is 18.6 Å². The first-order valence-corrected chi connectivity index (χ1v) is 9.77. The molecule has 4 heterocycles. The summed E-state index contributed by atoms with van der Waals surface area (Å²) in [5.74, 6) is -0.743. The molecule has 1 fully saturated rings. The summed E-state index contributed by atoms with van der Waals surface area (Å²) in [5.41, 5.74) is 2.27. The molecule has 0 radical (unpaired) electrons. The van der Waals surface area contributed by atoms with Gasteiger partial charge in [0.1, 0.15) is 5.65 Å². The van der Waals surface area contributed by atoms with E-state index < -0.39 is 15.8 Å². The van der Waals surface area contributed by atoms with E-state index in [0.717, 1.165) is 11.3 Å². The summed E-state index contributed by atoms with van der Waals surface area (Å²) in [4.78, 5) is 16.7. The second-order valence-corrected chi connectivity index (χ2v) is 8.44. The minimum absolute atomic E-state index is 0.0752. The zero-order valence-corrected chi connectivity index (χ0v) is 14.2. The summed E-state index contributed by atoms with van der Waals surface area (Å²) >= 11 is 0. The molecule has 1 aliphatic rings. The van der Waals surface area contributed by atoms with Crippen molar-refractivity contribution in [1.82, 2.24) is 19.2 Å². The van der Waals surface area contributed by atoms with E-state index in [1.807, 2.05) is 35.0 Å². The van der Waals surface area contributed by atoms with Crippen LogP contribution in [0, 0.1) is 5.92 Å². The van der Waals surface area contributed by atoms with Crippen LogP contribution >= 0.6 is 0 Å². The van der Waals surface area contributed by atoms with Crippen molar-refractivity contribution in [1.29, 1.82) is 0 Å². The number of aromatic nitrogens is 4. The fourth-order valence-corrected chi connectivity index (χ4v) is 4.73. The van der Waals surface area contributed by atoms with Crippen molar-refractivity contribution in [3.8, 4) is 0 Å². The van der Waals surface area contributed by atoms with Crippen molar-refractivity contribution in [3.05, 3.63) is 48.7 Å². The molecule has 1 atom stereocenters. The maximum atomic E-state index is 12.2. The Morgan fingerprint density at radius 3 is 2.96 bits per heavy atom. The van der Waals surface area contributed by atoms with Gasteiger partial charge in [0.2, 0.25) is 5.91 Å². The Balaban J connectivity index is 1.42. The van der Waals surface area contributed by atoms with E-state index in [2.05, 4.69) is 15.4 Å². The molecule has 0 aliphatic carbocycles. The van der Waals surface area contributed by atoms with Crippen molar-refractivity contribution < 1.29 is 13.2 Å². The monoisotopic (exact) mass is 359 g/mol. The number of fused-ring (bicyclic) bond motifs is 1. The fourth-order valence-electron chi connectivity index (χ4n) is 2.99. The number of rotatable bonds is 4. The standard InChI is InChI=1S/C16H17N5O3S/c22-16(12-4-6-25(23,24)11-12)19-13-7-17-21(9-13)10-14-8-20-5-2-1-3-15(20)18-14/h1-3,5,7-9,12H,4,6,10-11H2,(H,19,22). The number of imidazole rings is 1. The first kappa shape index (κ1) is 15.8. The number of carbonyl (C=O) groups is 1. The average molecular weight is 359 g/mol. The Hall–Kier alpha value is -2.68. The maximum absolute atomic E-state index is 12.2. The number of hydrogen-bond donors (Lipinski definition) is 1. The van der Waals surface area contributed by atoms with E-state index in [9.17, 15) is 13.2 Å². The number of amides is 1. The van der Waals surface area contributed by atoms with Gasteiger partial charge in [0.05, 0.1) is 41.5 Å². The molecule has 1 aliphatic heterocycles. The van der Waals surface area contributed by atoms with Crippen LogP contribution in [0.15, 0.2) is 43.0 Å². The highest BCUT2D eigenvalue weighted by molar-refractivity contribution is 7.91. The molecule has 3 aromatic rings. The highest BCUT2D eigenvalue weighted by atomic mass is 32.2. The van der Waals surface area contributed by atoms with Crippen LogP contribution in [0.25, 0.3) is 5.65 Å². The predicted molar refractivity (Wildman–Crippen MR) is 91.9 cm³/mol. The van der Waals surface area contributed by atoms with Gasteiger partial charge in [0.15, 0.2) is 9.84 Å². The van der Waals surface area contributed by atoms with Crippen molar-refractivity contribution >= 4 is 27.1 Å². The first-order chi connectivity index (χ1) is 12.0. The van der Waals surface area contributed by atoms with Crippen molar-refractivity contribution in [2.75, 3.05) is 16.8 Å². The molecule has 0 aromatic carbocycles. The third-order valence-corrected chi connectivity index (χ3v) is 6.01. The van der Waals surface area contributed by atoms with E-state index in [4.69, 9.17) is 0 Å². The largest absolute Gasteiger partial charge is 0.323 e. The molecular weight excluding hydrogens is 342 g/mol. The van der Waals surface area contributed by atoms with Gasteiger partial charge < -0.3 is 9.72 Å². The van der Waals surface area contributed by atoms with Crippen LogP contribution in [0.4, 0.5) is 5.69 Å². The topological polar surface area (TPSA) is 98.4 Å². The number of hydrogen-bond acceptors (Lipinski definition) is 5. The smallest absolute Gasteiger partial charge is 0.228 e. The number of sulfone groups is 1. The number of nitrogens with zero attached hydrogens (tertiary/aromatic N) is 4. The van der Waals surface area contributed by atoms with Crippen LogP contribution in [0.1, 0.15) is 12.1 Å². The molecule has 25 heavy (non-hydrogen) atoms. The van der Waals surface area contributed by atoms with E-state index in [1.54, 1.807) is 17.1 Å². The number of pyridine rings is 1. The van der Waals surface area contributed by atoms with E-state index >= 15 is 0 Å². The third-order valence-electron chi connectivity index (χ3n) is 4.24. The van der Waals surface area contributed by atoms with E-state index in [0.29, 0.717) is 18.7 Å². The summed E-state index contributed by atoms with van der Waals surface area (Å²) in [6.45, 7) is 0.482. The molecule has 3 aromatic heterocycles. The quantitative estimate of drug-likeness (QED) is 0.748. The molecule has 8 nitrogen and oxygen atoms in total. The Morgan fingerprint density at radius 1 is 1.32 bits per heavy atom. The molecule has 1 unspecified atom stereocenters. The molecule has 1 amide bonds. The van der Waals surface area contributed by atoms with E-state index in [1.165, 1.54) is 0 Å². The molecule has 4 rings (SSSR count). The van der Waals surface area contributed by atoms with Gasteiger partial charge in [-0.15, -0.1) is 0 Å². The van der Waals surface area contributed by atoms with Crippen LogP contribution in [-0.4, -0.2) is 45.0 Å². The van der Waals surface area contributed by atoms with Crippen molar-refractivity contribution in [2.45, 2.75) is 13.0 Å². The van der Waals surface area contributed by atoms with Crippen LogP contribution in [-0.2, 0) is 21.2 Å². The summed E-state index contributed by atoms with van der Waals surface area (Å²) < 4.78 is 26.6. The first-order valence-electron chi connectivity index (χ1n) is 7.95. The molecular formula is C16H17N5O3S. The molecule has 1 N–H and O–H groups in total. The number of carbonyl (C=O) groups excluding carboxylic acids is 1. The molecule has 9 heteroatoms. The van der Waals surface area contributed by atoms with Gasteiger partial charge >= 0.3 is 0 Å². The van der Waals surface area contributed by atoms with Gasteiger partial charge in [-0.1, -0.05) is 6.07 Å². The molecule has 130 valence electrons. The summed E-state index contributed by atoms with van der Waals surface area (Å²) in [6, 6.07) is 5.79. The lowest BCUT2D eigenvalue weighted by Crippen LogP contribution is -2.23. The molecule has 0 spiro atoms. The van der Waals surface area contributed by atoms with Gasteiger partial charge in [-0.3, -0.25) is 9.48 Å². The lowest BCUT2D eigenvalue weighted by molar-refractivity contribution is -0.119. The zero-order valence-electron chi connectivity index (χ0n) is 13.4. The second-order valence-electron chi connectivity index (χ2n) is 6.21. The van der Waals surface area contributed by atoms with Gasteiger partial charge in [0, 0.05) is 18.6 Å². The fraction of sp³-hybridized carbons (Fsp3) is 0.312. The van der Waals surface area contributed by atoms with Gasteiger partial charge in [0.25, 0.3) is 0 Å². The predicted octanol–water partition coefficient (Wildman–Crippen LogP) is 0.952. The SMILES string of the molecule is O=C(Nc1cnn(Cc2cn3ccccc3n2)c1)C1CCS(=O)(=O)C1. The van der Waals surface area contributed by atoms with E-state index in [-0.39, 0.29) is 17.4 Å². The summed E-state index contributed by atoms with van der Waals surface area (Å²) in [6.07, 6.45) is 7.50. The number of anilines is 1. The van der Waals surface area contributed by atoms with Crippen molar-refractivity contribution in [3.63, 3.8) is 0 Å². The Kier molecular flexibility index (Phi) is 3.79. The van der Waals surface area contributed by atoms with Crippen LogP contribution in [0.3, 0.4) is 0 Å². The molecule has 0 bridgehead atoms.